The molecule has 0 unspecified atom stereocenters. The van der Waals surface area contributed by atoms with Gasteiger partial charge in [-0.3, -0.25) is 4.79 Å². The van der Waals surface area contributed by atoms with Gasteiger partial charge in [0.05, 0.1) is 12.1 Å². The van der Waals surface area contributed by atoms with Crippen LogP contribution in [0.3, 0.4) is 0 Å². The molecule has 3 atom stereocenters. The maximum Gasteiger partial charge on any atom is 0.237 e. The van der Waals surface area contributed by atoms with Gasteiger partial charge in [-0.05, 0) is 30.4 Å². The van der Waals surface area contributed by atoms with Crippen LogP contribution in [-0.2, 0) is 16.1 Å². The summed E-state index contributed by atoms with van der Waals surface area (Å²) in [5, 5.41) is 5.89. The van der Waals surface area contributed by atoms with Crippen LogP contribution in [0.25, 0.3) is 0 Å². The second-order valence-corrected chi connectivity index (χ2v) is 5.28. The van der Waals surface area contributed by atoms with Gasteiger partial charge in [0.1, 0.15) is 6.29 Å². The Hall–Kier alpha value is -1.72. The van der Waals surface area contributed by atoms with Crippen LogP contribution in [-0.4, -0.2) is 30.8 Å². The van der Waals surface area contributed by atoms with Gasteiger partial charge in [0.15, 0.2) is 0 Å². The van der Waals surface area contributed by atoms with Crippen molar-refractivity contribution >= 4 is 12.2 Å². The van der Waals surface area contributed by atoms with E-state index in [0.29, 0.717) is 12.5 Å². The third kappa shape index (κ3) is 3.43. The first-order chi connectivity index (χ1) is 9.63. The van der Waals surface area contributed by atoms with Crippen molar-refractivity contribution in [3.05, 3.63) is 35.4 Å². The topological polar surface area (TPSA) is 84.2 Å². The number of benzene rings is 1. The van der Waals surface area contributed by atoms with Gasteiger partial charge in [0, 0.05) is 13.1 Å². The molecule has 0 saturated carbocycles. The summed E-state index contributed by atoms with van der Waals surface area (Å²) in [6.07, 6.45) is 1.47. The van der Waals surface area contributed by atoms with Crippen molar-refractivity contribution < 1.29 is 9.59 Å². The molecule has 20 heavy (non-hydrogen) atoms. The quantitative estimate of drug-likeness (QED) is 0.675. The molecule has 0 radical (unpaired) electrons. The molecule has 0 aromatic heterocycles. The van der Waals surface area contributed by atoms with E-state index in [4.69, 9.17) is 5.73 Å². The van der Waals surface area contributed by atoms with Crippen LogP contribution in [0.5, 0.6) is 0 Å². The number of amides is 1. The molecule has 1 aromatic carbocycles. The highest BCUT2D eigenvalue weighted by Gasteiger charge is 2.30. The summed E-state index contributed by atoms with van der Waals surface area (Å²) in [7, 11) is 0. The molecule has 1 saturated heterocycles. The normalized spacial score (nSPS) is 23.3. The van der Waals surface area contributed by atoms with Gasteiger partial charge in [-0.25, -0.2) is 0 Å². The average Bonchev–Trinajstić information content (AvgIpc) is 2.97. The van der Waals surface area contributed by atoms with Gasteiger partial charge in [-0.2, -0.15) is 0 Å². The van der Waals surface area contributed by atoms with Crippen LogP contribution >= 0.6 is 0 Å². The Morgan fingerprint density at radius 3 is 3.10 bits per heavy atom. The fourth-order valence-corrected chi connectivity index (χ4v) is 2.52. The van der Waals surface area contributed by atoms with Crippen molar-refractivity contribution in [1.29, 1.82) is 0 Å². The zero-order chi connectivity index (χ0) is 14.5. The fourth-order valence-electron chi connectivity index (χ4n) is 2.52. The number of hydrogen-bond acceptors (Lipinski definition) is 4. The molecule has 1 aliphatic heterocycles. The predicted octanol–water partition coefficient (Wildman–Crippen LogP) is 0.294. The summed E-state index contributed by atoms with van der Waals surface area (Å²) in [6, 6.07) is 7.50. The van der Waals surface area contributed by atoms with E-state index in [0.717, 1.165) is 24.8 Å². The molecule has 0 aliphatic carbocycles. The number of rotatable bonds is 5. The average molecular weight is 275 g/mol. The Balaban J connectivity index is 1.97. The molecule has 108 valence electrons. The molecule has 1 aliphatic rings. The first kappa shape index (κ1) is 14.7. The largest absolute Gasteiger partial charge is 0.346 e. The molecule has 0 bridgehead atoms. The molecule has 4 N–H and O–H groups in total. The van der Waals surface area contributed by atoms with Gasteiger partial charge in [-0.15, -0.1) is 0 Å². The van der Waals surface area contributed by atoms with Gasteiger partial charge >= 0.3 is 0 Å². The van der Waals surface area contributed by atoms with Crippen LogP contribution in [0.15, 0.2) is 24.3 Å². The number of hydrogen-bond donors (Lipinski definition) is 3. The standard InChI is InChI=1S/C15H21N3O2/c1-10(9-19)18-15(20)14-6-13(8-17-14)12-4-2-3-11(5-12)7-16/h2-5,9-10,13-14,17H,6-8,16H2,1H3,(H,18,20)/t10-,13+,14+/m0/s1. The van der Waals surface area contributed by atoms with Gasteiger partial charge in [-0.1, -0.05) is 24.3 Å². The Labute approximate surface area is 118 Å². The first-order valence-corrected chi connectivity index (χ1v) is 6.92. The summed E-state index contributed by atoms with van der Waals surface area (Å²) in [4.78, 5) is 22.5. The minimum Gasteiger partial charge on any atom is -0.346 e. The van der Waals surface area contributed by atoms with Crippen LogP contribution in [0.1, 0.15) is 30.4 Å². The molecule has 2 rings (SSSR count). The lowest BCUT2D eigenvalue weighted by Gasteiger charge is -2.13. The van der Waals surface area contributed by atoms with E-state index >= 15 is 0 Å². The Morgan fingerprint density at radius 2 is 2.40 bits per heavy atom. The maximum absolute atomic E-state index is 12.0. The summed E-state index contributed by atoms with van der Waals surface area (Å²) in [5.74, 6) is 0.200. The van der Waals surface area contributed by atoms with E-state index in [-0.39, 0.29) is 11.9 Å². The van der Waals surface area contributed by atoms with Crippen LogP contribution in [0.4, 0.5) is 0 Å². The number of aldehydes is 1. The molecule has 5 nitrogen and oxygen atoms in total. The van der Waals surface area contributed by atoms with Gasteiger partial charge in [0.2, 0.25) is 5.91 Å². The second-order valence-electron chi connectivity index (χ2n) is 5.28. The zero-order valence-corrected chi connectivity index (χ0v) is 11.6. The third-order valence-electron chi connectivity index (χ3n) is 3.68. The summed E-state index contributed by atoms with van der Waals surface area (Å²) in [5.41, 5.74) is 7.96. The van der Waals surface area contributed by atoms with Crippen LogP contribution in [0.2, 0.25) is 0 Å². The number of carbonyl (C=O) groups is 2. The lowest BCUT2D eigenvalue weighted by atomic mass is 9.94. The molecular weight excluding hydrogens is 254 g/mol. The van der Waals surface area contributed by atoms with E-state index in [1.165, 1.54) is 5.56 Å². The fraction of sp³-hybridized carbons (Fsp3) is 0.467. The van der Waals surface area contributed by atoms with E-state index in [2.05, 4.69) is 22.8 Å². The van der Waals surface area contributed by atoms with E-state index in [1.54, 1.807) is 6.92 Å². The van der Waals surface area contributed by atoms with Crippen LogP contribution < -0.4 is 16.4 Å². The number of nitrogens with one attached hydrogen (secondary N) is 2. The second kappa shape index (κ2) is 6.63. The molecule has 1 aromatic rings. The maximum atomic E-state index is 12.0. The van der Waals surface area contributed by atoms with Crippen molar-refractivity contribution in [1.82, 2.24) is 10.6 Å². The van der Waals surface area contributed by atoms with Gasteiger partial charge in [0.25, 0.3) is 0 Å². The van der Waals surface area contributed by atoms with E-state index in [1.807, 2.05) is 12.1 Å². The van der Waals surface area contributed by atoms with Crippen molar-refractivity contribution in [2.75, 3.05) is 6.54 Å². The van der Waals surface area contributed by atoms with Crippen molar-refractivity contribution in [3.8, 4) is 0 Å². The third-order valence-corrected chi connectivity index (χ3v) is 3.68. The Kier molecular flexibility index (Phi) is 4.87. The van der Waals surface area contributed by atoms with E-state index < -0.39 is 6.04 Å². The molecule has 5 heteroatoms. The van der Waals surface area contributed by atoms with Crippen molar-refractivity contribution in [3.63, 3.8) is 0 Å². The van der Waals surface area contributed by atoms with E-state index in [9.17, 15) is 9.59 Å². The van der Waals surface area contributed by atoms with Crippen molar-refractivity contribution in [2.45, 2.75) is 37.9 Å². The number of nitrogens with two attached hydrogens (primary N) is 1. The molecular formula is C15H21N3O2. The molecule has 1 amide bonds. The summed E-state index contributed by atoms with van der Waals surface area (Å²) < 4.78 is 0. The highest BCUT2D eigenvalue weighted by molar-refractivity contribution is 5.84. The highest BCUT2D eigenvalue weighted by Crippen LogP contribution is 2.26. The van der Waals surface area contributed by atoms with Crippen LogP contribution in [0, 0.1) is 0 Å². The monoisotopic (exact) mass is 275 g/mol. The number of carbonyl (C=O) groups excluding carboxylic acids is 2. The lowest BCUT2D eigenvalue weighted by Crippen LogP contribution is -2.44. The Bertz CT molecular complexity index is 490. The Morgan fingerprint density at radius 1 is 1.60 bits per heavy atom. The zero-order valence-electron chi connectivity index (χ0n) is 11.6. The molecule has 1 heterocycles. The minimum absolute atomic E-state index is 0.109. The SMILES string of the molecule is C[C@@H](C=O)NC(=O)[C@H]1C[C@@H](c2cccc(CN)c2)CN1. The summed E-state index contributed by atoms with van der Waals surface area (Å²) >= 11 is 0. The predicted molar refractivity (Wildman–Crippen MR) is 77.2 cm³/mol. The molecule has 1 fully saturated rings. The highest BCUT2D eigenvalue weighted by atomic mass is 16.2. The lowest BCUT2D eigenvalue weighted by molar-refractivity contribution is -0.125. The van der Waals surface area contributed by atoms with Gasteiger partial charge < -0.3 is 21.2 Å². The first-order valence-electron chi connectivity index (χ1n) is 6.92. The smallest absolute Gasteiger partial charge is 0.237 e. The minimum atomic E-state index is -0.441. The molecule has 0 spiro atoms. The summed E-state index contributed by atoms with van der Waals surface area (Å²) in [6.45, 7) is 2.96. The van der Waals surface area contributed by atoms with Crippen molar-refractivity contribution in [2.24, 2.45) is 5.73 Å².